The Labute approximate surface area is 114 Å². The van der Waals surface area contributed by atoms with Crippen LogP contribution in [0, 0.1) is 11.3 Å². The first-order valence-electron chi connectivity index (χ1n) is 6.16. The number of benzene rings is 1. The van der Waals surface area contributed by atoms with Gasteiger partial charge in [0.05, 0.1) is 11.3 Å². The molecule has 1 aromatic carbocycles. The Hall–Kier alpha value is -1.18. The summed E-state index contributed by atoms with van der Waals surface area (Å²) in [7, 11) is 4.11. The Bertz CT molecular complexity index is 424. The van der Waals surface area contributed by atoms with Gasteiger partial charge in [-0.25, -0.2) is 0 Å². The SMILES string of the molecule is CCSc1cccc(NCC(C)N(C)C)c1C#N. The molecule has 4 heteroatoms. The van der Waals surface area contributed by atoms with Gasteiger partial charge in [0, 0.05) is 17.5 Å². The molecule has 0 aliphatic carbocycles. The Morgan fingerprint density at radius 1 is 1.44 bits per heavy atom. The molecule has 0 radical (unpaired) electrons. The Morgan fingerprint density at radius 3 is 2.72 bits per heavy atom. The standard InChI is InChI=1S/C14H21N3S/c1-5-18-14-8-6-7-13(12(14)9-15)16-10-11(2)17(3)4/h6-8,11,16H,5,10H2,1-4H3. The van der Waals surface area contributed by atoms with Crippen molar-refractivity contribution < 1.29 is 0 Å². The van der Waals surface area contributed by atoms with E-state index in [4.69, 9.17) is 0 Å². The van der Waals surface area contributed by atoms with Crippen LogP contribution in [-0.4, -0.2) is 37.3 Å². The van der Waals surface area contributed by atoms with E-state index in [0.29, 0.717) is 6.04 Å². The smallest absolute Gasteiger partial charge is 0.102 e. The van der Waals surface area contributed by atoms with E-state index >= 15 is 0 Å². The van der Waals surface area contributed by atoms with Crippen LogP contribution in [0.3, 0.4) is 0 Å². The minimum absolute atomic E-state index is 0.430. The number of nitrogens with one attached hydrogen (secondary N) is 1. The van der Waals surface area contributed by atoms with E-state index in [0.717, 1.165) is 28.4 Å². The second-order valence-corrected chi connectivity index (χ2v) is 5.72. The van der Waals surface area contributed by atoms with Crippen molar-refractivity contribution in [1.29, 1.82) is 5.26 Å². The number of anilines is 1. The van der Waals surface area contributed by atoms with Crippen molar-refractivity contribution in [1.82, 2.24) is 4.90 Å². The number of thioether (sulfide) groups is 1. The number of hydrogen-bond acceptors (Lipinski definition) is 4. The molecule has 18 heavy (non-hydrogen) atoms. The van der Waals surface area contributed by atoms with Crippen molar-refractivity contribution in [2.45, 2.75) is 24.8 Å². The van der Waals surface area contributed by atoms with E-state index in [9.17, 15) is 5.26 Å². The van der Waals surface area contributed by atoms with Gasteiger partial charge in [0.1, 0.15) is 6.07 Å². The molecular formula is C14H21N3S. The molecule has 0 aliphatic rings. The molecule has 1 atom stereocenters. The normalized spacial score (nSPS) is 12.2. The lowest BCUT2D eigenvalue weighted by atomic mass is 10.2. The fraction of sp³-hybridized carbons (Fsp3) is 0.500. The van der Waals surface area contributed by atoms with Crippen molar-refractivity contribution in [3.05, 3.63) is 23.8 Å². The maximum Gasteiger partial charge on any atom is 0.102 e. The summed E-state index contributed by atoms with van der Waals surface area (Å²) in [6.45, 7) is 5.09. The van der Waals surface area contributed by atoms with Crippen LogP contribution in [0.5, 0.6) is 0 Å². The fourth-order valence-corrected chi connectivity index (χ4v) is 2.30. The number of likely N-dealkylation sites (N-methyl/N-ethyl adjacent to an activating group) is 1. The molecule has 1 unspecified atom stereocenters. The molecule has 0 spiro atoms. The average Bonchev–Trinajstić information content (AvgIpc) is 2.36. The summed E-state index contributed by atoms with van der Waals surface area (Å²) < 4.78 is 0. The van der Waals surface area contributed by atoms with Crippen LogP contribution in [0.15, 0.2) is 23.1 Å². The molecule has 0 saturated heterocycles. The highest BCUT2D eigenvalue weighted by molar-refractivity contribution is 7.99. The van der Waals surface area contributed by atoms with Gasteiger partial charge in [0.25, 0.3) is 0 Å². The first-order valence-corrected chi connectivity index (χ1v) is 7.14. The van der Waals surface area contributed by atoms with Gasteiger partial charge in [-0.05, 0) is 38.9 Å². The second-order valence-electron chi connectivity index (χ2n) is 4.42. The Kier molecular flexibility index (Phi) is 6.03. The zero-order valence-corrected chi connectivity index (χ0v) is 12.3. The van der Waals surface area contributed by atoms with Crippen molar-refractivity contribution in [2.24, 2.45) is 0 Å². The van der Waals surface area contributed by atoms with E-state index in [-0.39, 0.29) is 0 Å². The van der Waals surface area contributed by atoms with Crippen LogP contribution in [0.1, 0.15) is 19.4 Å². The van der Waals surface area contributed by atoms with Crippen molar-refractivity contribution >= 4 is 17.4 Å². The minimum atomic E-state index is 0.430. The third-order valence-corrected chi connectivity index (χ3v) is 3.85. The van der Waals surface area contributed by atoms with Crippen LogP contribution < -0.4 is 5.32 Å². The molecule has 1 N–H and O–H groups in total. The lowest BCUT2D eigenvalue weighted by molar-refractivity contribution is 0.326. The van der Waals surface area contributed by atoms with E-state index in [1.54, 1.807) is 11.8 Å². The summed E-state index contributed by atoms with van der Waals surface area (Å²) in [5, 5.41) is 12.7. The second kappa shape index (κ2) is 7.30. The Balaban J connectivity index is 2.83. The molecule has 0 heterocycles. The summed E-state index contributed by atoms with van der Waals surface area (Å²) >= 11 is 1.71. The van der Waals surface area contributed by atoms with Gasteiger partial charge in [-0.15, -0.1) is 11.8 Å². The van der Waals surface area contributed by atoms with Gasteiger partial charge < -0.3 is 10.2 Å². The first kappa shape index (κ1) is 14.9. The molecule has 1 aromatic rings. The topological polar surface area (TPSA) is 39.1 Å². The van der Waals surface area contributed by atoms with Crippen LogP contribution >= 0.6 is 11.8 Å². The highest BCUT2D eigenvalue weighted by Crippen LogP contribution is 2.27. The van der Waals surface area contributed by atoms with Crippen molar-refractivity contribution in [3.8, 4) is 6.07 Å². The van der Waals surface area contributed by atoms with Crippen molar-refractivity contribution in [2.75, 3.05) is 31.7 Å². The van der Waals surface area contributed by atoms with Gasteiger partial charge in [-0.3, -0.25) is 0 Å². The third-order valence-electron chi connectivity index (χ3n) is 2.91. The Morgan fingerprint density at radius 2 is 2.17 bits per heavy atom. The number of nitriles is 1. The lowest BCUT2D eigenvalue weighted by Gasteiger charge is -2.21. The number of hydrogen-bond donors (Lipinski definition) is 1. The number of nitrogens with zero attached hydrogens (tertiary/aromatic N) is 2. The van der Waals surface area contributed by atoms with Crippen LogP contribution in [-0.2, 0) is 0 Å². The molecule has 1 rings (SSSR count). The predicted octanol–water partition coefficient (Wildman–Crippen LogP) is 3.03. The van der Waals surface area contributed by atoms with E-state index in [1.807, 2.05) is 18.2 Å². The van der Waals surface area contributed by atoms with E-state index in [1.165, 1.54) is 0 Å². The highest BCUT2D eigenvalue weighted by atomic mass is 32.2. The summed E-state index contributed by atoms with van der Waals surface area (Å²) in [6, 6.07) is 8.72. The monoisotopic (exact) mass is 263 g/mol. The summed E-state index contributed by atoms with van der Waals surface area (Å²) in [6.07, 6.45) is 0. The van der Waals surface area contributed by atoms with E-state index < -0.39 is 0 Å². The van der Waals surface area contributed by atoms with Gasteiger partial charge in [-0.2, -0.15) is 5.26 Å². The third kappa shape index (κ3) is 3.94. The molecule has 0 amide bonds. The van der Waals surface area contributed by atoms with Crippen molar-refractivity contribution in [3.63, 3.8) is 0 Å². The first-order chi connectivity index (χ1) is 8.60. The molecule has 0 fully saturated rings. The average molecular weight is 263 g/mol. The quantitative estimate of drug-likeness (QED) is 0.801. The maximum atomic E-state index is 9.29. The van der Waals surface area contributed by atoms with Gasteiger partial charge >= 0.3 is 0 Å². The molecule has 0 aromatic heterocycles. The zero-order chi connectivity index (χ0) is 13.5. The predicted molar refractivity (Wildman–Crippen MR) is 79.2 cm³/mol. The van der Waals surface area contributed by atoms with E-state index in [2.05, 4.69) is 44.2 Å². The number of rotatable bonds is 6. The molecule has 0 bridgehead atoms. The van der Waals surface area contributed by atoms with Gasteiger partial charge in [-0.1, -0.05) is 13.0 Å². The largest absolute Gasteiger partial charge is 0.382 e. The highest BCUT2D eigenvalue weighted by Gasteiger charge is 2.09. The summed E-state index contributed by atoms with van der Waals surface area (Å²) in [5.74, 6) is 0.978. The lowest BCUT2D eigenvalue weighted by Crippen LogP contribution is -2.31. The maximum absolute atomic E-state index is 9.29. The van der Waals surface area contributed by atoms with Crippen LogP contribution in [0.2, 0.25) is 0 Å². The van der Waals surface area contributed by atoms with Gasteiger partial charge in [0.2, 0.25) is 0 Å². The molecular weight excluding hydrogens is 242 g/mol. The summed E-state index contributed by atoms with van der Waals surface area (Å²) in [5.41, 5.74) is 1.69. The fourth-order valence-electron chi connectivity index (χ4n) is 1.51. The summed E-state index contributed by atoms with van der Waals surface area (Å²) in [4.78, 5) is 3.21. The minimum Gasteiger partial charge on any atom is -0.382 e. The molecule has 0 aliphatic heterocycles. The van der Waals surface area contributed by atoms with Crippen LogP contribution in [0.25, 0.3) is 0 Å². The molecule has 0 saturated carbocycles. The van der Waals surface area contributed by atoms with Gasteiger partial charge in [0.15, 0.2) is 0 Å². The van der Waals surface area contributed by atoms with Crippen LogP contribution in [0.4, 0.5) is 5.69 Å². The zero-order valence-electron chi connectivity index (χ0n) is 11.5. The molecule has 98 valence electrons. The molecule has 3 nitrogen and oxygen atoms in total.